The van der Waals surface area contributed by atoms with E-state index in [0.717, 1.165) is 25.3 Å². The van der Waals surface area contributed by atoms with Crippen molar-refractivity contribution in [2.45, 2.75) is 46.1 Å². The molecule has 6 nitrogen and oxygen atoms in total. The second-order valence-electron chi connectivity index (χ2n) is 7.18. The van der Waals surface area contributed by atoms with Gasteiger partial charge in [-0.2, -0.15) is 5.10 Å². The number of nitrogens with one attached hydrogen (secondary N) is 2. The lowest BCUT2D eigenvalue weighted by Crippen LogP contribution is -2.19. The Morgan fingerprint density at radius 1 is 1.21 bits per heavy atom. The van der Waals surface area contributed by atoms with Crippen molar-refractivity contribution < 1.29 is 18.4 Å². The lowest BCUT2D eigenvalue weighted by Gasteiger charge is -2.12. The van der Waals surface area contributed by atoms with Gasteiger partial charge in [-0.05, 0) is 38.2 Å². The molecule has 1 atom stereocenters. The molecule has 0 aliphatic heterocycles. The zero-order valence-corrected chi connectivity index (χ0v) is 16.5. The Morgan fingerprint density at radius 3 is 2.69 bits per heavy atom. The maximum Gasteiger partial charge on any atom is 0.259 e. The molecular weight excluding hydrogens is 378 g/mol. The van der Waals surface area contributed by atoms with E-state index < -0.39 is 17.5 Å². The van der Waals surface area contributed by atoms with E-state index in [9.17, 15) is 18.4 Å². The van der Waals surface area contributed by atoms with Gasteiger partial charge in [0, 0.05) is 25.1 Å². The number of benzene rings is 1. The van der Waals surface area contributed by atoms with Crippen molar-refractivity contribution in [2.24, 2.45) is 5.92 Å². The lowest BCUT2D eigenvalue weighted by atomic mass is 10.0. The zero-order chi connectivity index (χ0) is 21.0. The van der Waals surface area contributed by atoms with E-state index in [4.69, 9.17) is 0 Å². The van der Waals surface area contributed by atoms with Gasteiger partial charge in [-0.3, -0.25) is 9.59 Å². The Kier molecular flexibility index (Phi) is 6.41. The molecule has 0 saturated carbocycles. The fourth-order valence-corrected chi connectivity index (χ4v) is 3.34. The van der Waals surface area contributed by atoms with Crippen LogP contribution in [0.5, 0.6) is 0 Å². The summed E-state index contributed by atoms with van der Waals surface area (Å²) in [5, 5.41) is 9.33. The van der Waals surface area contributed by atoms with Crippen LogP contribution in [-0.2, 0) is 11.3 Å². The first-order valence-electron chi connectivity index (χ1n) is 9.68. The highest BCUT2D eigenvalue weighted by Crippen LogP contribution is 2.24. The summed E-state index contributed by atoms with van der Waals surface area (Å²) in [6.07, 6.45) is 6.77. The normalized spacial score (nSPS) is 15.5. The Hall–Kier alpha value is -3.03. The average Bonchev–Trinajstić information content (AvgIpc) is 3.27. The molecular formula is C21H24F2N4O2. The van der Waals surface area contributed by atoms with Gasteiger partial charge in [0.1, 0.15) is 17.5 Å². The van der Waals surface area contributed by atoms with Crippen LogP contribution < -0.4 is 10.6 Å². The molecule has 1 aliphatic rings. The van der Waals surface area contributed by atoms with E-state index in [1.165, 1.54) is 0 Å². The number of nitrogens with zero attached hydrogens (tertiary/aromatic N) is 2. The molecule has 2 amide bonds. The number of hydrogen-bond donors (Lipinski definition) is 2. The van der Waals surface area contributed by atoms with Crippen molar-refractivity contribution in [2.75, 3.05) is 10.6 Å². The van der Waals surface area contributed by atoms with Crippen LogP contribution in [0.3, 0.4) is 0 Å². The molecule has 0 saturated heterocycles. The van der Waals surface area contributed by atoms with Gasteiger partial charge < -0.3 is 10.6 Å². The Labute approximate surface area is 168 Å². The maximum absolute atomic E-state index is 14.3. The SMILES string of the molecule is CCCn1nc(C)cc1NC(=O)c1cc(NC(=O)CC2C=CCC2)c(F)cc1F. The number of carbonyl (C=O) groups is 2. The highest BCUT2D eigenvalue weighted by atomic mass is 19.1. The van der Waals surface area contributed by atoms with E-state index >= 15 is 0 Å². The molecule has 29 heavy (non-hydrogen) atoms. The molecule has 0 spiro atoms. The minimum absolute atomic E-state index is 0.114. The first kappa shape index (κ1) is 20.7. The highest BCUT2D eigenvalue weighted by molar-refractivity contribution is 6.05. The van der Waals surface area contributed by atoms with Crippen LogP contribution in [0.1, 0.15) is 48.7 Å². The molecule has 1 heterocycles. The third-order valence-electron chi connectivity index (χ3n) is 4.71. The summed E-state index contributed by atoms with van der Waals surface area (Å²) in [4.78, 5) is 24.8. The van der Waals surface area contributed by atoms with Crippen LogP contribution in [0, 0.1) is 24.5 Å². The zero-order valence-electron chi connectivity index (χ0n) is 16.5. The second kappa shape index (κ2) is 8.98. The van der Waals surface area contributed by atoms with Crippen molar-refractivity contribution in [1.82, 2.24) is 9.78 Å². The van der Waals surface area contributed by atoms with Crippen molar-refractivity contribution in [3.05, 3.63) is 53.2 Å². The summed E-state index contributed by atoms with van der Waals surface area (Å²) in [5.41, 5.74) is 0.133. The minimum Gasteiger partial charge on any atom is -0.324 e. The molecule has 2 N–H and O–H groups in total. The maximum atomic E-state index is 14.3. The molecule has 1 aromatic heterocycles. The van der Waals surface area contributed by atoms with Crippen LogP contribution in [-0.4, -0.2) is 21.6 Å². The quantitative estimate of drug-likeness (QED) is 0.673. The third-order valence-corrected chi connectivity index (χ3v) is 4.71. The first-order valence-corrected chi connectivity index (χ1v) is 9.68. The molecule has 0 bridgehead atoms. The molecule has 8 heteroatoms. The summed E-state index contributed by atoms with van der Waals surface area (Å²) in [5.74, 6) is -2.51. The van der Waals surface area contributed by atoms with Crippen LogP contribution in [0.2, 0.25) is 0 Å². The van der Waals surface area contributed by atoms with Crippen LogP contribution in [0.4, 0.5) is 20.3 Å². The van der Waals surface area contributed by atoms with Gasteiger partial charge in [0.2, 0.25) is 5.91 Å². The summed E-state index contributed by atoms with van der Waals surface area (Å²) in [6, 6.07) is 3.30. The molecule has 0 radical (unpaired) electrons. The number of carbonyl (C=O) groups excluding carboxylic acids is 2. The standard InChI is InChI=1S/C21H24F2N4O2/c1-3-8-27-19(9-13(2)26-27)25-21(29)15-11-18(17(23)12-16(15)22)24-20(28)10-14-6-4-5-7-14/h4,6,9,11-12,14H,3,5,7-8,10H2,1-2H3,(H,24,28)(H,25,29). The molecule has 3 rings (SSSR count). The predicted octanol–water partition coefficient (Wildman–Crippen LogP) is 4.43. The number of amides is 2. The van der Waals surface area contributed by atoms with Gasteiger partial charge in [0.05, 0.1) is 16.9 Å². The topological polar surface area (TPSA) is 76.0 Å². The number of allylic oxidation sites excluding steroid dienone is 2. The van der Waals surface area contributed by atoms with Crippen molar-refractivity contribution in [1.29, 1.82) is 0 Å². The number of rotatable bonds is 7. The average molecular weight is 402 g/mol. The lowest BCUT2D eigenvalue weighted by molar-refractivity contribution is -0.116. The number of anilines is 2. The molecule has 154 valence electrons. The summed E-state index contributed by atoms with van der Waals surface area (Å²) in [6.45, 7) is 4.35. The van der Waals surface area contributed by atoms with E-state index in [-0.39, 0.29) is 29.5 Å². The van der Waals surface area contributed by atoms with Crippen molar-refractivity contribution in [3.63, 3.8) is 0 Å². The van der Waals surface area contributed by atoms with Gasteiger partial charge in [0.25, 0.3) is 5.91 Å². The fraction of sp³-hybridized carbons (Fsp3) is 0.381. The largest absolute Gasteiger partial charge is 0.324 e. The van der Waals surface area contributed by atoms with Crippen molar-refractivity contribution >= 4 is 23.3 Å². The molecule has 1 aliphatic carbocycles. The number of hydrogen-bond acceptors (Lipinski definition) is 3. The van der Waals surface area contributed by atoms with Gasteiger partial charge in [0.15, 0.2) is 0 Å². The monoisotopic (exact) mass is 402 g/mol. The number of aryl methyl sites for hydroxylation is 2. The Balaban J connectivity index is 1.76. The van der Waals surface area contributed by atoms with Crippen molar-refractivity contribution in [3.8, 4) is 0 Å². The Bertz CT molecular complexity index is 952. The van der Waals surface area contributed by atoms with E-state index in [0.29, 0.717) is 24.1 Å². The fourth-order valence-electron chi connectivity index (χ4n) is 3.34. The minimum atomic E-state index is -1.00. The summed E-state index contributed by atoms with van der Waals surface area (Å²) >= 11 is 0. The molecule has 0 fully saturated rings. The first-order chi connectivity index (χ1) is 13.9. The number of aromatic nitrogens is 2. The van der Waals surface area contributed by atoms with E-state index in [2.05, 4.69) is 15.7 Å². The van der Waals surface area contributed by atoms with Crippen LogP contribution in [0.25, 0.3) is 0 Å². The highest BCUT2D eigenvalue weighted by Gasteiger charge is 2.20. The third kappa shape index (κ3) is 5.07. The van der Waals surface area contributed by atoms with Crippen LogP contribution >= 0.6 is 0 Å². The molecule has 2 aromatic rings. The molecule has 1 unspecified atom stereocenters. The van der Waals surface area contributed by atoms with Gasteiger partial charge >= 0.3 is 0 Å². The second-order valence-corrected chi connectivity index (χ2v) is 7.18. The Morgan fingerprint density at radius 2 is 2.00 bits per heavy atom. The van der Waals surface area contributed by atoms with E-state index in [1.807, 2.05) is 19.1 Å². The summed E-state index contributed by atoms with van der Waals surface area (Å²) < 4.78 is 30.0. The van der Waals surface area contributed by atoms with Gasteiger partial charge in [-0.1, -0.05) is 19.1 Å². The summed E-state index contributed by atoms with van der Waals surface area (Å²) in [7, 11) is 0. The predicted molar refractivity (Wildman–Crippen MR) is 107 cm³/mol. The van der Waals surface area contributed by atoms with Crippen LogP contribution in [0.15, 0.2) is 30.4 Å². The molecule has 1 aromatic carbocycles. The number of halogens is 2. The van der Waals surface area contributed by atoms with Gasteiger partial charge in [-0.25, -0.2) is 13.5 Å². The van der Waals surface area contributed by atoms with E-state index in [1.54, 1.807) is 17.7 Å². The van der Waals surface area contributed by atoms with Gasteiger partial charge in [-0.15, -0.1) is 0 Å². The smallest absolute Gasteiger partial charge is 0.259 e.